The molecule has 0 atom stereocenters. The molecule has 18 aromatic carbocycles. The summed E-state index contributed by atoms with van der Waals surface area (Å²) in [7, 11) is 0. The zero-order chi connectivity index (χ0) is 64.6. The first-order chi connectivity index (χ1) is 48.6. The zero-order valence-corrected chi connectivity index (χ0v) is 53.5. The van der Waals surface area contributed by atoms with Crippen molar-refractivity contribution in [1.29, 1.82) is 0 Å². The SMILES string of the molecule is c1ccc(-c2ccc3cccc(-c4c5ccccc5c(-c5ccc(-c6ccc7c(c6)oc6ccccc67)cc5)c5ccccc45)c3c2)cc1.c1ccc(-c2ccc3cccc(-c4c5ccccc5c(-c5cccc(-c6ccc7c(c6)oc6ccccc67)c5)c5ccccc45)c3c2)cc1. The highest BCUT2D eigenvalue weighted by Crippen LogP contribution is 2.49. The lowest BCUT2D eigenvalue weighted by Crippen LogP contribution is -1.92. The first-order valence-electron chi connectivity index (χ1n) is 33.7. The van der Waals surface area contributed by atoms with Gasteiger partial charge in [-0.25, -0.2) is 0 Å². The Morgan fingerprint density at radius 3 is 0.867 bits per heavy atom. The van der Waals surface area contributed by atoms with E-state index in [1.165, 1.54) is 143 Å². The molecule has 2 heterocycles. The lowest BCUT2D eigenvalue weighted by Gasteiger charge is -2.19. The molecular formula is C96H60O2. The van der Waals surface area contributed by atoms with Crippen LogP contribution in [-0.4, -0.2) is 0 Å². The topological polar surface area (TPSA) is 26.3 Å². The van der Waals surface area contributed by atoms with E-state index in [0.29, 0.717) is 0 Å². The van der Waals surface area contributed by atoms with E-state index in [9.17, 15) is 0 Å². The number of fused-ring (bicyclic) bond motifs is 12. The number of furan rings is 2. The van der Waals surface area contributed by atoms with Crippen LogP contribution in [0, 0.1) is 0 Å². The Hall–Kier alpha value is -12.9. The molecule has 20 aromatic rings. The van der Waals surface area contributed by atoms with Gasteiger partial charge in [0.05, 0.1) is 0 Å². The number of rotatable bonds is 8. The third kappa shape index (κ3) is 9.64. The van der Waals surface area contributed by atoms with Crippen molar-refractivity contribution in [2.24, 2.45) is 0 Å². The molecule has 2 aromatic heterocycles. The summed E-state index contributed by atoms with van der Waals surface area (Å²) in [6.07, 6.45) is 0. The lowest BCUT2D eigenvalue weighted by atomic mass is 9.84. The Kier molecular flexibility index (Phi) is 13.6. The van der Waals surface area contributed by atoms with Crippen LogP contribution in [0.5, 0.6) is 0 Å². The molecule has 0 N–H and O–H groups in total. The fourth-order valence-electron chi connectivity index (χ4n) is 15.6. The van der Waals surface area contributed by atoms with Gasteiger partial charge in [0.25, 0.3) is 0 Å². The Morgan fingerprint density at radius 2 is 0.418 bits per heavy atom. The maximum Gasteiger partial charge on any atom is 0.136 e. The molecule has 0 fully saturated rings. The number of benzene rings is 18. The van der Waals surface area contributed by atoms with Crippen molar-refractivity contribution in [2.75, 3.05) is 0 Å². The van der Waals surface area contributed by atoms with Gasteiger partial charge >= 0.3 is 0 Å². The van der Waals surface area contributed by atoms with Crippen molar-refractivity contribution in [2.45, 2.75) is 0 Å². The van der Waals surface area contributed by atoms with Gasteiger partial charge in [0.2, 0.25) is 0 Å². The van der Waals surface area contributed by atoms with Gasteiger partial charge in [-0.3, -0.25) is 0 Å². The third-order valence-electron chi connectivity index (χ3n) is 20.1. The van der Waals surface area contributed by atoms with Crippen molar-refractivity contribution in [1.82, 2.24) is 0 Å². The molecule has 2 nitrogen and oxygen atoms in total. The molecular weight excluding hydrogens is 1190 g/mol. The smallest absolute Gasteiger partial charge is 0.136 e. The Bertz CT molecular complexity index is 6420. The molecule has 0 aliphatic rings. The minimum Gasteiger partial charge on any atom is -0.456 e. The summed E-state index contributed by atoms with van der Waals surface area (Å²) in [5, 5.41) is 19.6. The maximum absolute atomic E-state index is 6.26. The first kappa shape index (κ1) is 56.6. The molecule has 0 aliphatic carbocycles. The Morgan fingerprint density at radius 1 is 0.133 bits per heavy atom. The minimum atomic E-state index is 0.912. The summed E-state index contributed by atoms with van der Waals surface area (Å²) >= 11 is 0. The first-order valence-corrected chi connectivity index (χ1v) is 33.7. The van der Waals surface area contributed by atoms with E-state index in [2.05, 4.69) is 340 Å². The van der Waals surface area contributed by atoms with Crippen LogP contribution < -0.4 is 0 Å². The molecule has 0 unspecified atom stereocenters. The molecule has 2 heteroatoms. The van der Waals surface area contributed by atoms with Gasteiger partial charge in [0.1, 0.15) is 22.3 Å². The van der Waals surface area contributed by atoms with Gasteiger partial charge in [-0.15, -0.1) is 0 Å². The van der Waals surface area contributed by atoms with E-state index in [-0.39, 0.29) is 0 Å². The van der Waals surface area contributed by atoms with Crippen LogP contribution in [0.2, 0.25) is 0 Å². The minimum absolute atomic E-state index is 0.912. The van der Waals surface area contributed by atoms with Crippen LogP contribution in [0.15, 0.2) is 373 Å². The highest BCUT2D eigenvalue weighted by molar-refractivity contribution is 6.26. The number of hydrogen-bond donors (Lipinski definition) is 0. The molecule has 0 saturated carbocycles. The third-order valence-corrected chi connectivity index (χ3v) is 20.1. The van der Waals surface area contributed by atoms with E-state index >= 15 is 0 Å². The maximum atomic E-state index is 6.26. The monoisotopic (exact) mass is 1240 g/mol. The van der Waals surface area contributed by atoms with E-state index in [4.69, 9.17) is 8.83 Å². The molecule has 20 rings (SSSR count). The van der Waals surface area contributed by atoms with Crippen LogP contribution >= 0.6 is 0 Å². The van der Waals surface area contributed by atoms with Crippen LogP contribution in [0.1, 0.15) is 0 Å². The second kappa shape index (κ2) is 23.5. The summed E-state index contributed by atoms with van der Waals surface area (Å²) in [4.78, 5) is 0. The molecule has 0 radical (unpaired) electrons. The van der Waals surface area contributed by atoms with E-state index in [1.807, 2.05) is 24.3 Å². The summed E-state index contributed by atoms with van der Waals surface area (Å²) in [6, 6.07) is 132. The number of hydrogen-bond acceptors (Lipinski definition) is 2. The van der Waals surface area contributed by atoms with E-state index in [1.54, 1.807) is 0 Å². The summed E-state index contributed by atoms with van der Waals surface area (Å²) in [6.45, 7) is 0. The second-order valence-corrected chi connectivity index (χ2v) is 25.7. The molecule has 0 saturated heterocycles. The van der Waals surface area contributed by atoms with Gasteiger partial charge in [0.15, 0.2) is 0 Å². The fourth-order valence-corrected chi connectivity index (χ4v) is 15.6. The second-order valence-electron chi connectivity index (χ2n) is 25.7. The normalized spacial score (nSPS) is 11.7. The van der Waals surface area contributed by atoms with Crippen LogP contribution in [0.25, 0.3) is 198 Å². The predicted octanol–water partition coefficient (Wildman–Crippen LogP) is 27.4. The predicted molar refractivity (Wildman–Crippen MR) is 416 cm³/mol. The lowest BCUT2D eigenvalue weighted by molar-refractivity contribution is 0.668. The summed E-state index contributed by atoms with van der Waals surface area (Å²) < 4.78 is 12.5. The molecule has 0 bridgehead atoms. The molecule has 0 spiro atoms. The average Bonchev–Trinajstić information content (AvgIpc) is 1.14. The van der Waals surface area contributed by atoms with Gasteiger partial charge in [-0.05, 0) is 208 Å². The van der Waals surface area contributed by atoms with E-state index in [0.717, 1.165) is 55.0 Å². The largest absolute Gasteiger partial charge is 0.456 e. The standard InChI is InChI=1S/2C48H30O/c1-2-12-31(13-3-1)34-25-24-32-14-11-22-43(44(32)29-34)48-41-20-6-4-18-39(41)47(40-19-5-7-21-42(40)48)36-16-10-15-33(28-36)35-26-27-38-37-17-8-9-23-45(37)49-46(38)30-35;1-2-11-31(12-3-1)35-26-23-33-13-10-19-43(44(33)29-35)48-41-17-6-4-15-39(41)47(40-16-5-7-18-42(40)48)34-24-21-32(22-25-34)36-27-28-38-37-14-8-9-20-45(37)49-46(38)30-36/h2*1-30H. The molecule has 0 amide bonds. The van der Waals surface area contributed by atoms with Gasteiger partial charge in [-0.1, -0.05) is 309 Å². The van der Waals surface area contributed by atoms with Crippen LogP contribution in [0.3, 0.4) is 0 Å². The molecule has 0 aliphatic heterocycles. The van der Waals surface area contributed by atoms with Gasteiger partial charge in [-0.2, -0.15) is 0 Å². The van der Waals surface area contributed by atoms with Crippen molar-refractivity contribution in [3.63, 3.8) is 0 Å². The summed E-state index contributed by atoms with van der Waals surface area (Å²) in [5.74, 6) is 0. The highest BCUT2D eigenvalue weighted by atomic mass is 16.3. The van der Waals surface area contributed by atoms with Gasteiger partial charge in [0, 0.05) is 21.5 Å². The van der Waals surface area contributed by atoms with Gasteiger partial charge < -0.3 is 8.83 Å². The van der Waals surface area contributed by atoms with Crippen LogP contribution in [0.4, 0.5) is 0 Å². The zero-order valence-electron chi connectivity index (χ0n) is 53.5. The van der Waals surface area contributed by atoms with Crippen molar-refractivity contribution in [3.05, 3.63) is 364 Å². The van der Waals surface area contributed by atoms with Crippen molar-refractivity contribution in [3.8, 4) is 89.0 Å². The van der Waals surface area contributed by atoms with E-state index < -0.39 is 0 Å². The molecule has 98 heavy (non-hydrogen) atoms. The average molecular weight is 1250 g/mol. The fraction of sp³-hybridized carbons (Fsp3) is 0. The highest BCUT2D eigenvalue weighted by Gasteiger charge is 2.22. The van der Waals surface area contributed by atoms with Crippen LogP contribution in [-0.2, 0) is 0 Å². The Labute approximate surface area is 566 Å². The summed E-state index contributed by atoms with van der Waals surface area (Å²) in [5.41, 5.74) is 23.2. The number of para-hydroxylation sites is 2. The van der Waals surface area contributed by atoms with Crippen molar-refractivity contribution < 1.29 is 8.83 Å². The quantitative estimate of drug-likeness (QED) is 0.142. The molecule has 456 valence electrons. The van der Waals surface area contributed by atoms with Crippen molar-refractivity contribution >= 4 is 109 Å². The Balaban J connectivity index is 0.000000137.